The highest BCUT2D eigenvalue weighted by Gasteiger charge is 2.39. The molecule has 1 fully saturated rings. The number of likely N-dealkylation sites (N-methyl/N-ethyl adjacent to an activating group) is 1. The molecule has 210 valence electrons. The van der Waals surface area contributed by atoms with Crippen molar-refractivity contribution in [3.8, 4) is 5.75 Å². The maximum absolute atomic E-state index is 13.4. The first-order valence-corrected chi connectivity index (χ1v) is 14.4. The molecule has 3 N–H and O–H groups in total. The smallest absolute Gasteiger partial charge is 0.324 e. The van der Waals surface area contributed by atoms with Gasteiger partial charge in [0.2, 0.25) is 5.91 Å². The highest BCUT2D eigenvalue weighted by molar-refractivity contribution is 7.14. The third kappa shape index (κ3) is 6.69. The summed E-state index contributed by atoms with van der Waals surface area (Å²) in [5.41, 5.74) is 1.68. The molecule has 12 heteroatoms. The van der Waals surface area contributed by atoms with Crippen LogP contribution in [0.3, 0.4) is 0 Å². The number of anilines is 2. The van der Waals surface area contributed by atoms with E-state index < -0.39 is 12.1 Å². The molecule has 9 nitrogen and oxygen atoms in total. The maximum Gasteiger partial charge on any atom is 0.324 e. The van der Waals surface area contributed by atoms with Crippen LogP contribution >= 0.6 is 34.5 Å². The van der Waals surface area contributed by atoms with Gasteiger partial charge in [-0.1, -0.05) is 29.3 Å². The Hall–Kier alpha value is -3.31. The summed E-state index contributed by atoms with van der Waals surface area (Å²) >= 11 is 13.4. The Bertz CT molecular complexity index is 1400. The van der Waals surface area contributed by atoms with Crippen LogP contribution in [0.15, 0.2) is 53.9 Å². The number of rotatable bonds is 6. The van der Waals surface area contributed by atoms with Crippen LogP contribution in [0.25, 0.3) is 0 Å². The standard InChI is InChI=1S/C28H28Cl2N4O5S/c1-34-22-8-6-18(13-25(35)31-14-16-4-7-20(29)21(30)11-16)39-24(22)15-38-23-9-5-17(12-19(23)27(34)36)32-28(37)33-26-3-2-10-40-26/h2-5,7,9-12,18,22,24H,6,8,13-15H2,1H3,(H,31,35)(H2,32,33,37)/t18-,22+,24-/m1/s1. The van der Waals surface area contributed by atoms with E-state index >= 15 is 0 Å². The van der Waals surface area contributed by atoms with Gasteiger partial charge < -0.3 is 25.0 Å². The van der Waals surface area contributed by atoms with E-state index in [0.717, 1.165) is 5.56 Å². The van der Waals surface area contributed by atoms with Crippen molar-refractivity contribution in [1.82, 2.24) is 10.2 Å². The lowest BCUT2D eigenvalue weighted by Crippen LogP contribution is -2.53. The molecule has 0 spiro atoms. The highest BCUT2D eigenvalue weighted by atomic mass is 35.5. The number of hydrogen-bond donors (Lipinski definition) is 3. The first kappa shape index (κ1) is 28.2. The molecule has 1 saturated heterocycles. The van der Waals surface area contributed by atoms with Crippen molar-refractivity contribution in [2.45, 2.75) is 44.1 Å². The number of hydrogen-bond acceptors (Lipinski definition) is 6. The minimum absolute atomic E-state index is 0.140. The molecular weight excluding hydrogens is 575 g/mol. The molecule has 4 amide bonds. The van der Waals surface area contributed by atoms with Crippen molar-refractivity contribution < 1.29 is 23.9 Å². The number of thiophene rings is 1. The van der Waals surface area contributed by atoms with Gasteiger partial charge in [0.1, 0.15) is 18.5 Å². The molecule has 2 aliphatic rings. The minimum atomic E-state index is -0.400. The number of ether oxygens (including phenoxy) is 2. The second-order valence-corrected chi connectivity index (χ2v) is 11.4. The molecule has 3 atom stereocenters. The molecular formula is C28H28Cl2N4O5S. The van der Waals surface area contributed by atoms with Gasteiger partial charge in [-0.2, -0.15) is 0 Å². The number of nitrogens with one attached hydrogen (secondary N) is 3. The summed E-state index contributed by atoms with van der Waals surface area (Å²) < 4.78 is 12.3. The highest BCUT2D eigenvalue weighted by Crippen LogP contribution is 2.32. The van der Waals surface area contributed by atoms with Gasteiger partial charge in [0.15, 0.2) is 0 Å². The van der Waals surface area contributed by atoms with Crippen molar-refractivity contribution in [2.24, 2.45) is 0 Å². The number of carbonyl (C=O) groups excluding carboxylic acids is 3. The van der Waals surface area contributed by atoms with E-state index in [-0.39, 0.29) is 37.0 Å². The molecule has 0 radical (unpaired) electrons. The number of carbonyl (C=O) groups is 3. The number of halogens is 2. The molecule has 1 aromatic heterocycles. The first-order chi connectivity index (χ1) is 19.3. The number of amides is 4. The van der Waals surface area contributed by atoms with Crippen LogP contribution in [0.1, 0.15) is 35.2 Å². The Balaban J connectivity index is 1.19. The zero-order chi connectivity index (χ0) is 28.2. The lowest BCUT2D eigenvalue weighted by Gasteiger charge is -2.42. The average molecular weight is 604 g/mol. The van der Waals surface area contributed by atoms with Crippen molar-refractivity contribution in [2.75, 3.05) is 24.3 Å². The fourth-order valence-corrected chi connectivity index (χ4v) is 5.79. The Morgan fingerprint density at radius 1 is 1.07 bits per heavy atom. The molecule has 5 rings (SSSR count). The van der Waals surface area contributed by atoms with Crippen molar-refractivity contribution >= 4 is 63.1 Å². The normalized spacial score (nSPS) is 20.3. The van der Waals surface area contributed by atoms with E-state index in [1.54, 1.807) is 48.3 Å². The number of urea groups is 1. The van der Waals surface area contributed by atoms with Gasteiger partial charge in [-0.3, -0.25) is 14.9 Å². The van der Waals surface area contributed by atoms with Crippen molar-refractivity contribution in [3.05, 3.63) is 75.1 Å². The molecule has 2 aromatic carbocycles. The summed E-state index contributed by atoms with van der Waals surface area (Å²) in [4.78, 5) is 40.1. The second-order valence-electron chi connectivity index (χ2n) is 9.66. The summed E-state index contributed by atoms with van der Waals surface area (Å²) in [5, 5.41) is 11.9. The van der Waals surface area contributed by atoms with Gasteiger partial charge in [0.25, 0.3) is 5.91 Å². The largest absolute Gasteiger partial charge is 0.490 e. The van der Waals surface area contributed by atoms with Gasteiger partial charge in [-0.25, -0.2) is 4.79 Å². The van der Waals surface area contributed by atoms with Gasteiger partial charge in [0, 0.05) is 19.3 Å². The van der Waals surface area contributed by atoms with Crippen LogP contribution < -0.4 is 20.7 Å². The quantitative estimate of drug-likeness (QED) is 0.331. The summed E-state index contributed by atoms with van der Waals surface area (Å²) in [5.74, 6) is 0.0391. The summed E-state index contributed by atoms with van der Waals surface area (Å²) in [6.45, 7) is 0.556. The molecule has 0 saturated carbocycles. The Labute approximate surface area is 245 Å². The van der Waals surface area contributed by atoms with E-state index in [1.165, 1.54) is 11.3 Å². The monoisotopic (exact) mass is 602 g/mol. The zero-order valence-corrected chi connectivity index (χ0v) is 23.9. The molecule has 0 aliphatic carbocycles. The molecule has 3 aromatic rings. The van der Waals surface area contributed by atoms with Gasteiger partial charge >= 0.3 is 6.03 Å². The second kappa shape index (κ2) is 12.5. The fourth-order valence-electron chi connectivity index (χ4n) is 4.86. The van der Waals surface area contributed by atoms with Gasteiger partial charge in [0.05, 0.1) is 39.2 Å². The lowest BCUT2D eigenvalue weighted by atomic mass is 9.94. The summed E-state index contributed by atoms with van der Waals surface area (Å²) in [6.07, 6.45) is 0.794. The van der Waals surface area contributed by atoms with Crippen molar-refractivity contribution in [3.63, 3.8) is 0 Å². The third-order valence-electron chi connectivity index (χ3n) is 6.91. The maximum atomic E-state index is 13.4. The summed E-state index contributed by atoms with van der Waals surface area (Å²) in [7, 11) is 1.74. The predicted octanol–water partition coefficient (Wildman–Crippen LogP) is 5.79. The first-order valence-electron chi connectivity index (χ1n) is 12.8. The van der Waals surface area contributed by atoms with E-state index in [0.29, 0.717) is 51.4 Å². The summed E-state index contributed by atoms with van der Waals surface area (Å²) in [6, 6.07) is 13.2. The zero-order valence-electron chi connectivity index (χ0n) is 21.6. The molecule has 0 unspecified atom stereocenters. The Kier molecular flexibility index (Phi) is 8.80. The van der Waals surface area contributed by atoms with Crippen molar-refractivity contribution in [1.29, 1.82) is 0 Å². The van der Waals surface area contributed by atoms with E-state index in [4.69, 9.17) is 32.7 Å². The molecule has 0 bridgehead atoms. The van der Waals surface area contributed by atoms with Gasteiger partial charge in [-0.15, -0.1) is 11.3 Å². The number of fused-ring (bicyclic) bond motifs is 2. The van der Waals surface area contributed by atoms with E-state index in [1.807, 2.05) is 17.5 Å². The Morgan fingerprint density at radius 2 is 1.93 bits per heavy atom. The number of benzene rings is 2. The minimum Gasteiger partial charge on any atom is -0.490 e. The van der Waals surface area contributed by atoms with Crippen LogP contribution in [0.5, 0.6) is 5.75 Å². The van der Waals surface area contributed by atoms with Crippen LogP contribution in [-0.2, 0) is 16.1 Å². The van der Waals surface area contributed by atoms with Crippen LogP contribution in [0.2, 0.25) is 10.0 Å². The fraction of sp³-hybridized carbons (Fsp3) is 0.321. The molecule has 40 heavy (non-hydrogen) atoms. The third-order valence-corrected chi connectivity index (χ3v) is 8.44. The van der Waals surface area contributed by atoms with E-state index in [9.17, 15) is 14.4 Å². The van der Waals surface area contributed by atoms with Crippen LogP contribution in [0, 0.1) is 0 Å². The predicted molar refractivity (Wildman–Crippen MR) is 156 cm³/mol. The molecule has 2 aliphatic heterocycles. The molecule has 3 heterocycles. The average Bonchev–Trinajstić information content (AvgIpc) is 3.44. The van der Waals surface area contributed by atoms with Gasteiger partial charge in [-0.05, 0) is 66.2 Å². The lowest BCUT2D eigenvalue weighted by molar-refractivity contribution is -0.134. The number of nitrogens with zero attached hydrogens (tertiary/aromatic N) is 1. The van der Waals surface area contributed by atoms with E-state index in [2.05, 4.69) is 16.0 Å². The SMILES string of the molecule is CN1C(=O)c2cc(NC(=O)Nc3cccs3)ccc2OC[C@H]2O[C@@H](CC(=O)NCc3ccc(Cl)c(Cl)c3)CC[C@@H]21. The van der Waals surface area contributed by atoms with Crippen LogP contribution in [-0.4, -0.2) is 54.6 Å². The Morgan fingerprint density at radius 3 is 2.70 bits per heavy atom. The topological polar surface area (TPSA) is 109 Å². The van der Waals surface area contributed by atoms with Crippen LogP contribution in [0.4, 0.5) is 15.5 Å².